The summed E-state index contributed by atoms with van der Waals surface area (Å²) in [5.41, 5.74) is -0.691. The molecule has 2 atom stereocenters. The number of carboxylic acids is 1. The van der Waals surface area contributed by atoms with Crippen LogP contribution in [0.3, 0.4) is 0 Å². The second kappa shape index (κ2) is 5.83. The van der Waals surface area contributed by atoms with E-state index in [0.29, 0.717) is 12.1 Å². The number of nitrogens with one attached hydrogen (secondary N) is 1. The molecule has 2 N–H and O–H groups in total. The standard InChI is InChI=1S/C13H26N2O2/c1-5-8-14-13(12(16)17)7-6-11(9-13)15(4)10(2)3/h10-11,14H,5-9H2,1-4H3,(H,16,17). The molecule has 1 rings (SSSR count). The van der Waals surface area contributed by atoms with Gasteiger partial charge in [0.05, 0.1) is 0 Å². The molecule has 100 valence electrons. The van der Waals surface area contributed by atoms with Crippen LogP contribution < -0.4 is 5.32 Å². The summed E-state index contributed by atoms with van der Waals surface area (Å²) >= 11 is 0. The number of aliphatic carboxylic acids is 1. The van der Waals surface area contributed by atoms with Gasteiger partial charge in [0.25, 0.3) is 0 Å². The molecule has 1 aliphatic rings. The molecule has 0 amide bonds. The van der Waals surface area contributed by atoms with Crippen molar-refractivity contribution in [1.29, 1.82) is 0 Å². The van der Waals surface area contributed by atoms with Gasteiger partial charge in [0, 0.05) is 12.1 Å². The summed E-state index contributed by atoms with van der Waals surface area (Å²) in [6.07, 6.45) is 3.40. The predicted molar refractivity (Wildman–Crippen MR) is 69.2 cm³/mol. The quantitative estimate of drug-likeness (QED) is 0.744. The first-order valence-electron chi connectivity index (χ1n) is 6.63. The molecule has 0 aromatic rings. The van der Waals surface area contributed by atoms with Crippen LogP contribution in [0.1, 0.15) is 46.5 Å². The average molecular weight is 242 g/mol. The molecule has 4 heteroatoms. The first kappa shape index (κ1) is 14.5. The van der Waals surface area contributed by atoms with Gasteiger partial charge in [-0.25, -0.2) is 0 Å². The average Bonchev–Trinajstić information content (AvgIpc) is 2.70. The van der Waals surface area contributed by atoms with Crippen LogP contribution in [-0.2, 0) is 4.79 Å². The van der Waals surface area contributed by atoms with Crippen LogP contribution in [0.25, 0.3) is 0 Å². The summed E-state index contributed by atoms with van der Waals surface area (Å²) < 4.78 is 0. The van der Waals surface area contributed by atoms with Crippen LogP contribution >= 0.6 is 0 Å². The first-order valence-corrected chi connectivity index (χ1v) is 6.63. The Balaban J connectivity index is 2.68. The molecule has 0 bridgehead atoms. The molecule has 1 aliphatic carbocycles. The van der Waals surface area contributed by atoms with Crippen molar-refractivity contribution < 1.29 is 9.90 Å². The Morgan fingerprint density at radius 3 is 2.71 bits per heavy atom. The fourth-order valence-electron chi connectivity index (χ4n) is 2.58. The van der Waals surface area contributed by atoms with Crippen molar-refractivity contribution >= 4 is 5.97 Å². The van der Waals surface area contributed by atoms with E-state index in [4.69, 9.17) is 0 Å². The van der Waals surface area contributed by atoms with E-state index < -0.39 is 11.5 Å². The maximum Gasteiger partial charge on any atom is 0.323 e. The van der Waals surface area contributed by atoms with Crippen LogP contribution in [0.15, 0.2) is 0 Å². The number of hydrogen-bond acceptors (Lipinski definition) is 3. The van der Waals surface area contributed by atoms with E-state index in [-0.39, 0.29) is 0 Å². The van der Waals surface area contributed by atoms with E-state index in [1.165, 1.54) is 0 Å². The lowest BCUT2D eigenvalue weighted by molar-refractivity contribution is -0.144. The third-order valence-corrected chi connectivity index (χ3v) is 4.00. The van der Waals surface area contributed by atoms with Crippen molar-refractivity contribution in [3.8, 4) is 0 Å². The minimum absolute atomic E-state index is 0.385. The maximum atomic E-state index is 11.5. The van der Waals surface area contributed by atoms with Gasteiger partial charge < -0.3 is 15.3 Å². The summed E-state index contributed by atoms with van der Waals surface area (Å²) in [5, 5.41) is 12.7. The maximum absolute atomic E-state index is 11.5. The van der Waals surface area contributed by atoms with E-state index in [0.717, 1.165) is 32.2 Å². The van der Waals surface area contributed by atoms with Gasteiger partial charge in [0.1, 0.15) is 5.54 Å². The Morgan fingerprint density at radius 1 is 1.59 bits per heavy atom. The molecule has 0 radical (unpaired) electrons. The van der Waals surface area contributed by atoms with Gasteiger partial charge in [0.2, 0.25) is 0 Å². The van der Waals surface area contributed by atoms with Crippen LogP contribution in [0, 0.1) is 0 Å². The van der Waals surface area contributed by atoms with Gasteiger partial charge in [0.15, 0.2) is 0 Å². The first-order chi connectivity index (χ1) is 7.93. The van der Waals surface area contributed by atoms with Crippen molar-refractivity contribution in [3.05, 3.63) is 0 Å². The number of carboxylic acid groups (broad SMARTS) is 1. The Morgan fingerprint density at radius 2 is 2.24 bits per heavy atom. The van der Waals surface area contributed by atoms with E-state index in [1.54, 1.807) is 0 Å². The van der Waals surface area contributed by atoms with Gasteiger partial charge in [-0.2, -0.15) is 0 Å². The smallest absolute Gasteiger partial charge is 0.323 e. The highest BCUT2D eigenvalue weighted by Gasteiger charge is 2.46. The highest BCUT2D eigenvalue weighted by Crippen LogP contribution is 2.33. The van der Waals surface area contributed by atoms with Crippen molar-refractivity contribution in [2.24, 2.45) is 0 Å². The lowest BCUT2D eigenvalue weighted by Gasteiger charge is -2.31. The highest BCUT2D eigenvalue weighted by atomic mass is 16.4. The molecule has 2 unspecified atom stereocenters. The normalized spacial score (nSPS) is 29.2. The number of rotatable bonds is 6. The minimum atomic E-state index is -0.691. The van der Waals surface area contributed by atoms with Crippen molar-refractivity contribution in [1.82, 2.24) is 10.2 Å². The molecule has 0 saturated heterocycles. The second-order valence-electron chi connectivity index (χ2n) is 5.47. The molecular weight excluding hydrogens is 216 g/mol. The molecule has 0 spiro atoms. The lowest BCUT2D eigenvalue weighted by Crippen LogP contribution is -2.51. The molecule has 1 saturated carbocycles. The van der Waals surface area contributed by atoms with Gasteiger partial charge in [-0.05, 0) is 53.1 Å². The Hall–Kier alpha value is -0.610. The van der Waals surface area contributed by atoms with Crippen LogP contribution in [0.2, 0.25) is 0 Å². The highest BCUT2D eigenvalue weighted by molar-refractivity contribution is 5.79. The van der Waals surface area contributed by atoms with E-state index >= 15 is 0 Å². The van der Waals surface area contributed by atoms with Crippen LogP contribution in [0.5, 0.6) is 0 Å². The molecule has 17 heavy (non-hydrogen) atoms. The fraction of sp³-hybridized carbons (Fsp3) is 0.923. The largest absolute Gasteiger partial charge is 0.480 e. The van der Waals surface area contributed by atoms with Gasteiger partial charge in [-0.15, -0.1) is 0 Å². The van der Waals surface area contributed by atoms with Crippen LogP contribution in [-0.4, -0.2) is 47.2 Å². The van der Waals surface area contributed by atoms with Gasteiger partial charge in [-0.1, -0.05) is 6.92 Å². The van der Waals surface area contributed by atoms with E-state index in [9.17, 15) is 9.90 Å². The van der Waals surface area contributed by atoms with E-state index in [2.05, 4.69) is 38.0 Å². The minimum Gasteiger partial charge on any atom is -0.480 e. The van der Waals surface area contributed by atoms with Crippen LogP contribution in [0.4, 0.5) is 0 Å². The molecule has 0 aromatic carbocycles. The molecule has 1 fully saturated rings. The molecule has 0 aromatic heterocycles. The third kappa shape index (κ3) is 3.19. The summed E-state index contributed by atoms with van der Waals surface area (Å²) in [5.74, 6) is -0.689. The predicted octanol–water partition coefficient (Wildman–Crippen LogP) is 1.70. The number of hydrogen-bond donors (Lipinski definition) is 2. The van der Waals surface area contributed by atoms with Crippen molar-refractivity contribution in [2.45, 2.75) is 64.1 Å². The summed E-state index contributed by atoms with van der Waals surface area (Å²) in [4.78, 5) is 13.8. The zero-order valence-corrected chi connectivity index (χ0v) is 11.5. The number of carbonyl (C=O) groups is 1. The zero-order chi connectivity index (χ0) is 13.1. The summed E-state index contributed by atoms with van der Waals surface area (Å²) in [6.45, 7) is 7.15. The fourth-order valence-corrected chi connectivity index (χ4v) is 2.58. The third-order valence-electron chi connectivity index (χ3n) is 4.00. The summed E-state index contributed by atoms with van der Waals surface area (Å²) in [7, 11) is 2.09. The zero-order valence-electron chi connectivity index (χ0n) is 11.5. The summed E-state index contributed by atoms with van der Waals surface area (Å²) in [6, 6.07) is 0.853. The lowest BCUT2D eigenvalue weighted by atomic mass is 9.97. The molecular formula is C13H26N2O2. The van der Waals surface area contributed by atoms with Crippen molar-refractivity contribution in [2.75, 3.05) is 13.6 Å². The SMILES string of the molecule is CCCNC1(C(=O)O)CCC(N(C)C(C)C)C1. The Labute approximate surface area is 104 Å². The topological polar surface area (TPSA) is 52.6 Å². The van der Waals surface area contributed by atoms with Gasteiger partial charge in [-0.3, -0.25) is 4.79 Å². The Kier molecular flexibility index (Phi) is 4.95. The second-order valence-corrected chi connectivity index (χ2v) is 5.47. The van der Waals surface area contributed by atoms with Crippen molar-refractivity contribution in [3.63, 3.8) is 0 Å². The Bertz CT molecular complexity index is 268. The number of nitrogens with zero attached hydrogens (tertiary/aromatic N) is 1. The molecule has 0 aliphatic heterocycles. The van der Waals surface area contributed by atoms with E-state index in [1.807, 2.05) is 0 Å². The molecule has 4 nitrogen and oxygen atoms in total. The molecule has 0 heterocycles. The van der Waals surface area contributed by atoms with Gasteiger partial charge >= 0.3 is 5.97 Å². The monoisotopic (exact) mass is 242 g/mol.